The SMILES string of the molecule is CCOCCC(=O)N/N=C(\C)c1ccc(Br)cc1. The third-order valence-electron chi connectivity index (χ3n) is 2.29. The second-order valence-corrected chi connectivity index (χ2v) is 4.60. The highest BCUT2D eigenvalue weighted by molar-refractivity contribution is 9.10. The maximum Gasteiger partial charge on any atom is 0.242 e. The number of rotatable bonds is 6. The van der Waals surface area contributed by atoms with E-state index in [9.17, 15) is 4.79 Å². The van der Waals surface area contributed by atoms with Crippen molar-refractivity contribution in [1.29, 1.82) is 0 Å². The van der Waals surface area contributed by atoms with Gasteiger partial charge in [0.05, 0.1) is 18.7 Å². The Morgan fingerprint density at radius 2 is 2.06 bits per heavy atom. The van der Waals surface area contributed by atoms with Crippen LogP contribution >= 0.6 is 15.9 Å². The number of hydrazone groups is 1. The van der Waals surface area contributed by atoms with Gasteiger partial charge in [-0.1, -0.05) is 28.1 Å². The summed E-state index contributed by atoms with van der Waals surface area (Å²) in [7, 11) is 0. The van der Waals surface area contributed by atoms with Gasteiger partial charge >= 0.3 is 0 Å². The Balaban J connectivity index is 2.46. The molecular weight excluding hydrogens is 296 g/mol. The zero-order chi connectivity index (χ0) is 13.4. The minimum absolute atomic E-state index is 0.139. The largest absolute Gasteiger partial charge is 0.381 e. The number of amides is 1. The standard InChI is InChI=1S/C13H17BrN2O2/c1-3-18-9-8-13(17)16-15-10(2)11-4-6-12(14)7-5-11/h4-7H,3,8-9H2,1-2H3,(H,16,17)/b15-10+. The van der Waals surface area contributed by atoms with Crippen LogP contribution in [0.25, 0.3) is 0 Å². The summed E-state index contributed by atoms with van der Waals surface area (Å²) in [4.78, 5) is 11.4. The molecule has 0 saturated heterocycles. The number of hydrogen-bond acceptors (Lipinski definition) is 3. The van der Waals surface area contributed by atoms with Gasteiger partial charge in [-0.05, 0) is 31.5 Å². The van der Waals surface area contributed by atoms with Crippen molar-refractivity contribution in [2.75, 3.05) is 13.2 Å². The molecule has 0 atom stereocenters. The summed E-state index contributed by atoms with van der Waals surface area (Å²) in [5, 5.41) is 4.05. The molecular formula is C13H17BrN2O2. The summed E-state index contributed by atoms with van der Waals surface area (Å²) in [6.45, 7) is 4.80. The van der Waals surface area contributed by atoms with E-state index in [2.05, 4.69) is 26.5 Å². The van der Waals surface area contributed by atoms with Crippen molar-refractivity contribution in [3.05, 3.63) is 34.3 Å². The fourth-order valence-corrected chi connectivity index (χ4v) is 1.53. The minimum atomic E-state index is -0.139. The minimum Gasteiger partial charge on any atom is -0.381 e. The number of ether oxygens (including phenoxy) is 1. The normalized spacial score (nSPS) is 11.4. The van der Waals surface area contributed by atoms with Crippen LogP contribution in [-0.2, 0) is 9.53 Å². The fourth-order valence-electron chi connectivity index (χ4n) is 1.27. The quantitative estimate of drug-likeness (QED) is 0.499. The van der Waals surface area contributed by atoms with E-state index in [-0.39, 0.29) is 5.91 Å². The molecule has 1 aromatic carbocycles. The van der Waals surface area contributed by atoms with Crippen LogP contribution in [0.15, 0.2) is 33.8 Å². The highest BCUT2D eigenvalue weighted by atomic mass is 79.9. The number of nitrogens with zero attached hydrogens (tertiary/aromatic N) is 1. The van der Waals surface area contributed by atoms with Gasteiger partial charge in [0.2, 0.25) is 5.91 Å². The van der Waals surface area contributed by atoms with E-state index >= 15 is 0 Å². The van der Waals surface area contributed by atoms with Crippen molar-refractivity contribution in [3.63, 3.8) is 0 Å². The second kappa shape index (κ2) is 8.00. The summed E-state index contributed by atoms with van der Waals surface area (Å²) in [5.74, 6) is -0.139. The lowest BCUT2D eigenvalue weighted by Crippen LogP contribution is -2.20. The summed E-state index contributed by atoms with van der Waals surface area (Å²) in [6.07, 6.45) is 0.324. The molecule has 1 N–H and O–H groups in total. The topological polar surface area (TPSA) is 50.7 Å². The molecule has 4 nitrogen and oxygen atoms in total. The Morgan fingerprint density at radius 1 is 1.39 bits per heavy atom. The number of benzene rings is 1. The third kappa shape index (κ3) is 5.42. The Bertz CT molecular complexity index is 416. The molecule has 0 aromatic heterocycles. The van der Waals surface area contributed by atoms with Gasteiger partial charge in [-0.25, -0.2) is 5.43 Å². The van der Waals surface area contributed by atoms with Crippen molar-refractivity contribution in [2.24, 2.45) is 5.10 Å². The molecule has 0 aliphatic carbocycles. The van der Waals surface area contributed by atoms with Crippen LogP contribution in [0.1, 0.15) is 25.8 Å². The lowest BCUT2D eigenvalue weighted by Gasteiger charge is -2.03. The molecule has 0 saturated carbocycles. The van der Waals surface area contributed by atoms with Crippen LogP contribution in [0.3, 0.4) is 0 Å². The van der Waals surface area contributed by atoms with E-state index in [1.807, 2.05) is 38.1 Å². The number of nitrogens with one attached hydrogen (secondary N) is 1. The molecule has 0 heterocycles. The number of hydrogen-bond donors (Lipinski definition) is 1. The zero-order valence-corrected chi connectivity index (χ0v) is 12.2. The second-order valence-electron chi connectivity index (χ2n) is 3.69. The van der Waals surface area contributed by atoms with E-state index in [4.69, 9.17) is 4.74 Å². The van der Waals surface area contributed by atoms with Gasteiger partial charge in [0.15, 0.2) is 0 Å². The van der Waals surface area contributed by atoms with E-state index < -0.39 is 0 Å². The summed E-state index contributed by atoms with van der Waals surface area (Å²) >= 11 is 3.37. The van der Waals surface area contributed by atoms with Crippen LogP contribution in [0.5, 0.6) is 0 Å². The first kappa shape index (κ1) is 14.9. The maximum atomic E-state index is 11.4. The van der Waals surface area contributed by atoms with Gasteiger partial charge < -0.3 is 4.74 Å². The van der Waals surface area contributed by atoms with Crippen LogP contribution in [-0.4, -0.2) is 24.8 Å². The summed E-state index contributed by atoms with van der Waals surface area (Å²) in [5.41, 5.74) is 4.26. The molecule has 0 fully saturated rings. The van der Waals surface area contributed by atoms with Gasteiger partial charge in [-0.3, -0.25) is 4.79 Å². The molecule has 1 aromatic rings. The molecule has 1 rings (SSSR count). The summed E-state index contributed by atoms with van der Waals surface area (Å²) < 4.78 is 6.11. The first-order chi connectivity index (χ1) is 8.63. The maximum absolute atomic E-state index is 11.4. The van der Waals surface area contributed by atoms with E-state index in [0.29, 0.717) is 19.6 Å². The molecule has 98 valence electrons. The first-order valence-corrected chi connectivity index (χ1v) is 6.59. The van der Waals surface area contributed by atoms with E-state index in [1.165, 1.54) is 0 Å². The monoisotopic (exact) mass is 312 g/mol. The average Bonchev–Trinajstić information content (AvgIpc) is 2.37. The molecule has 1 amide bonds. The molecule has 0 spiro atoms. The van der Waals surface area contributed by atoms with E-state index in [0.717, 1.165) is 15.7 Å². The first-order valence-electron chi connectivity index (χ1n) is 5.80. The lowest BCUT2D eigenvalue weighted by molar-refractivity contribution is -0.122. The molecule has 18 heavy (non-hydrogen) atoms. The van der Waals surface area contributed by atoms with Gasteiger partial charge in [-0.2, -0.15) is 5.10 Å². The van der Waals surface area contributed by atoms with Gasteiger partial charge in [-0.15, -0.1) is 0 Å². The van der Waals surface area contributed by atoms with Crippen molar-refractivity contribution < 1.29 is 9.53 Å². The van der Waals surface area contributed by atoms with Crippen molar-refractivity contribution in [3.8, 4) is 0 Å². The Kier molecular flexibility index (Phi) is 6.60. The predicted octanol–water partition coefficient (Wildman–Crippen LogP) is 2.72. The fraction of sp³-hybridized carbons (Fsp3) is 0.385. The molecule has 0 bridgehead atoms. The van der Waals surface area contributed by atoms with Crippen molar-refractivity contribution in [2.45, 2.75) is 20.3 Å². The summed E-state index contributed by atoms with van der Waals surface area (Å²) in [6, 6.07) is 7.75. The molecule has 0 unspecified atom stereocenters. The predicted molar refractivity (Wildman–Crippen MR) is 75.6 cm³/mol. The van der Waals surface area contributed by atoms with Crippen molar-refractivity contribution in [1.82, 2.24) is 5.43 Å². The van der Waals surface area contributed by atoms with Gasteiger partial charge in [0.1, 0.15) is 0 Å². The van der Waals surface area contributed by atoms with Gasteiger partial charge in [0.25, 0.3) is 0 Å². The smallest absolute Gasteiger partial charge is 0.242 e. The Morgan fingerprint density at radius 3 is 2.67 bits per heavy atom. The number of carbonyl (C=O) groups excluding carboxylic acids is 1. The molecule has 0 aliphatic rings. The highest BCUT2D eigenvalue weighted by Crippen LogP contribution is 2.10. The Hall–Kier alpha value is -1.20. The van der Waals surface area contributed by atoms with Crippen molar-refractivity contribution >= 4 is 27.5 Å². The lowest BCUT2D eigenvalue weighted by atomic mass is 10.1. The molecule has 0 radical (unpaired) electrons. The van der Waals surface area contributed by atoms with Crippen LogP contribution in [0.2, 0.25) is 0 Å². The zero-order valence-electron chi connectivity index (χ0n) is 10.6. The number of halogens is 1. The van der Waals surface area contributed by atoms with Crippen LogP contribution in [0, 0.1) is 0 Å². The molecule has 0 aliphatic heterocycles. The van der Waals surface area contributed by atoms with E-state index in [1.54, 1.807) is 0 Å². The average molecular weight is 313 g/mol. The van der Waals surface area contributed by atoms with Crippen LogP contribution in [0.4, 0.5) is 0 Å². The molecule has 5 heteroatoms. The van der Waals surface area contributed by atoms with Gasteiger partial charge in [0, 0.05) is 11.1 Å². The number of carbonyl (C=O) groups is 1. The third-order valence-corrected chi connectivity index (χ3v) is 2.82. The highest BCUT2D eigenvalue weighted by Gasteiger charge is 2.01. The van der Waals surface area contributed by atoms with Crippen LogP contribution < -0.4 is 5.43 Å². The Labute approximate surface area is 116 Å².